The molecule has 0 aromatic rings. The van der Waals surface area contributed by atoms with Crippen LogP contribution in [0.15, 0.2) is 0 Å². The van der Waals surface area contributed by atoms with Gasteiger partial charge >= 0.3 is 41.6 Å². The third-order valence-electron chi connectivity index (χ3n) is 0.391. The van der Waals surface area contributed by atoms with Gasteiger partial charge in [0, 0.05) is 0 Å². The average molecular weight is 143 g/mol. The normalized spacial score (nSPS) is 7.11. The summed E-state index contributed by atoms with van der Waals surface area (Å²) in [6, 6.07) is 0. The van der Waals surface area contributed by atoms with Gasteiger partial charge in [0.2, 0.25) is 0 Å². The predicted molar refractivity (Wildman–Crippen MR) is 24.8 cm³/mol. The monoisotopic (exact) mass is 143 g/mol. The zero-order chi connectivity index (χ0) is 6.57. The van der Waals surface area contributed by atoms with E-state index in [1.165, 1.54) is 0 Å². The Kier molecular flexibility index (Phi) is 7.52. The van der Waals surface area contributed by atoms with E-state index in [9.17, 15) is 9.59 Å². The van der Waals surface area contributed by atoms with Crippen molar-refractivity contribution in [3.63, 3.8) is 0 Å². The van der Waals surface area contributed by atoms with Gasteiger partial charge in [0.1, 0.15) is 6.54 Å². The molecule has 5 nitrogen and oxygen atoms in total. The molecule has 48 valence electrons. The zero-order valence-electron chi connectivity index (χ0n) is 5.92. The molecule has 6 heteroatoms. The summed E-state index contributed by atoms with van der Waals surface area (Å²) in [5, 5.41) is 17.3. The second-order valence-corrected chi connectivity index (χ2v) is 1.05. The van der Waals surface area contributed by atoms with Crippen LogP contribution in [0.5, 0.6) is 0 Å². The fourth-order valence-corrected chi connectivity index (χ4v) is 0.151. The summed E-state index contributed by atoms with van der Waals surface area (Å²) in [7, 11) is 0. The molecular formula is C3H6NNaO4. The minimum absolute atomic E-state index is 0. The number of carboxylic acid groups (broad SMARTS) is 2. The number of hydrogen-bond acceptors (Lipinski definition) is 2. The first-order valence-electron chi connectivity index (χ1n) is 1.81. The van der Waals surface area contributed by atoms with Crippen LogP contribution < -0.4 is 34.9 Å². The third kappa shape index (κ3) is 11.4. The van der Waals surface area contributed by atoms with E-state index in [1.807, 2.05) is 0 Å². The molecule has 0 aromatic heterocycles. The number of carbonyl (C=O) groups is 2. The van der Waals surface area contributed by atoms with E-state index < -0.39 is 18.6 Å². The van der Waals surface area contributed by atoms with Crippen LogP contribution in [0, 0.1) is 0 Å². The van der Waals surface area contributed by atoms with Crippen LogP contribution in [0.25, 0.3) is 0 Å². The van der Waals surface area contributed by atoms with E-state index in [0.717, 1.165) is 0 Å². The maximum Gasteiger partial charge on any atom is 1.00 e. The molecular weight excluding hydrogens is 137 g/mol. The van der Waals surface area contributed by atoms with Crippen LogP contribution >= 0.6 is 0 Å². The van der Waals surface area contributed by atoms with Gasteiger partial charge in [0.25, 0.3) is 0 Å². The molecule has 0 aliphatic rings. The van der Waals surface area contributed by atoms with E-state index >= 15 is 0 Å². The fraction of sp³-hybridized carbons (Fsp3) is 0.333. The van der Waals surface area contributed by atoms with Crippen molar-refractivity contribution in [3.8, 4) is 0 Å². The maximum atomic E-state index is 9.58. The molecule has 0 fully saturated rings. The second kappa shape index (κ2) is 5.87. The van der Waals surface area contributed by atoms with E-state index in [2.05, 4.69) is 0 Å². The molecule has 0 radical (unpaired) electrons. The van der Waals surface area contributed by atoms with Crippen LogP contribution in [0.4, 0.5) is 4.79 Å². The molecule has 3 N–H and O–H groups in total. The minimum atomic E-state index is -1.33. The van der Waals surface area contributed by atoms with Gasteiger partial charge in [-0.15, -0.1) is 0 Å². The number of aliphatic carboxylic acids is 1. The van der Waals surface area contributed by atoms with Crippen molar-refractivity contribution in [1.29, 1.82) is 0 Å². The predicted octanol–water partition coefficient (Wildman–Crippen LogP) is -3.54. The summed E-state index contributed by atoms with van der Waals surface area (Å²) >= 11 is 0. The summed E-state index contributed by atoms with van der Waals surface area (Å²) in [6.45, 7) is -0.546. The van der Waals surface area contributed by atoms with Crippen LogP contribution in [0.2, 0.25) is 0 Å². The number of carboxylic acids is 1. The molecule has 0 aliphatic heterocycles. The van der Waals surface area contributed by atoms with Crippen LogP contribution in [-0.4, -0.2) is 28.8 Å². The molecule has 0 unspecified atom stereocenters. The molecule has 0 aliphatic carbocycles. The first-order valence-corrected chi connectivity index (χ1v) is 1.81. The minimum Gasteiger partial charge on any atom is -1.00 e. The van der Waals surface area contributed by atoms with Gasteiger partial charge in [-0.1, -0.05) is 0 Å². The largest absolute Gasteiger partial charge is 1.00 e. The van der Waals surface area contributed by atoms with E-state index in [0.29, 0.717) is 0 Å². The molecule has 9 heavy (non-hydrogen) atoms. The molecule has 0 atom stereocenters. The Labute approximate surface area is 74.8 Å². The van der Waals surface area contributed by atoms with Gasteiger partial charge in [-0.3, -0.25) is 4.79 Å². The second-order valence-electron chi connectivity index (χ2n) is 1.05. The van der Waals surface area contributed by atoms with Crippen LogP contribution in [0.1, 0.15) is 1.43 Å². The van der Waals surface area contributed by atoms with Crippen molar-refractivity contribution in [2.75, 3.05) is 6.54 Å². The van der Waals surface area contributed by atoms with Gasteiger partial charge in [-0.25, -0.2) is 4.79 Å². The van der Waals surface area contributed by atoms with Crippen LogP contribution in [-0.2, 0) is 4.79 Å². The van der Waals surface area contributed by atoms with Crippen molar-refractivity contribution in [3.05, 3.63) is 0 Å². The number of rotatable bonds is 2. The first kappa shape index (κ1) is 11.5. The van der Waals surface area contributed by atoms with Crippen LogP contribution in [0.3, 0.4) is 0 Å². The topological polar surface area (TPSA) is 86.6 Å². The molecule has 0 aromatic carbocycles. The number of hydrogen-bond donors (Lipinski definition) is 3. The first-order chi connectivity index (χ1) is 3.63. The zero-order valence-corrected chi connectivity index (χ0v) is 6.92. The van der Waals surface area contributed by atoms with E-state index in [1.54, 1.807) is 5.32 Å². The SMILES string of the molecule is O=C(O)CNC(=O)O.[H-].[Na+]. The molecule has 0 saturated carbocycles. The average Bonchev–Trinajstić information content (AvgIpc) is 1.61. The van der Waals surface area contributed by atoms with Crippen molar-refractivity contribution >= 4 is 12.1 Å². The number of amides is 1. The Morgan fingerprint density at radius 1 is 1.44 bits per heavy atom. The number of nitrogens with one attached hydrogen (secondary N) is 1. The molecule has 0 saturated heterocycles. The standard InChI is InChI=1S/C3H5NO4.Na.H/c5-2(6)1-4-3(7)8;;/h4H,1H2,(H,5,6)(H,7,8);;/q;+1;-1. The molecule has 0 rings (SSSR count). The summed E-state index contributed by atoms with van der Waals surface area (Å²) in [6.07, 6.45) is -1.33. The van der Waals surface area contributed by atoms with Gasteiger partial charge in [-0.05, 0) is 0 Å². The summed E-state index contributed by atoms with van der Waals surface area (Å²) in [4.78, 5) is 19.1. The quantitative estimate of drug-likeness (QED) is 0.349. The summed E-state index contributed by atoms with van der Waals surface area (Å²) < 4.78 is 0. The molecule has 0 spiro atoms. The van der Waals surface area contributed by atoms with Crippen molar-refractivity contribution < 1.29 is 50.8 Å². The van der Waals surface area contributed by atoms with Crippen molar-refractivity contribution in [2.45, 2.75) is 0 Å². The van der Waals surface area contributed by atoms with Gasteiger partial charge < -0.3 is 17.0 Å². The van der Waals surface area contributed by atoms with E-state index in [-0.39, 0.29) is 31.0 Å². The Morgan fingerprint density at radius 2 is 1.89 bits per heavy atom. The van der Waals surface area contributed by atoms with E-state index in [4.69, 9.17) is 10.2 Å². The molecule has 1 amide bonds. The van der Waals surface area contributed by atoms with Gasteiger partial charge in [-0.2, -0.15) is 0 Å². The Hall–Kier alpha value is -0.260. The maximum absolute atomic E-state index is 9.58. The molecule has 0 bridgehead atoms. The fourth-order valence-electron chi connectivity index (χ4n) is 0.151. The Bertz CT molecular complexity index is 105. The van der Waals surface area contributed by atoms with Crippen molar-refractivity contribution in [1.82, 2.24) is 5.32 Å². The Morgan fingerprint density at radius 3 is 2.00 bits per heavy atom. The van der Waals surface area contributed by atoms with Crippen molar-refractivity contribution in [2.24, 2.45) is 0 Å². The Balaban J connectivity index is -0.000000245. The van der Waals surface area contributed by atoms with Gasteiger partial charge in [0.15, 0.2) is 0 Å². The molecule has 0 heterocycles. The third-order valence-corrected chi connectivity index (χ3v) is 0.391. The summed E-state index contributed by atoms with van der Waals surface area (Å²) in [5.74, 6) is -1.19. The summed E-state index contributed by atoms with van der Waals surface area (Å²) in [5.41, 5.74) is 0. The smallest absolute Gasteiger partial charge is 1.00 e. The van der Waals surface area contributed by atoms with Gasteiger partial charge in [0.05, 0.1) is 0 Å².